The van der Waals surface area contributed by atoms with Gasteiger partial charge < -0.3 is 22.8 Å². The van der Waals surface area contributed by atoms with E-state index < -0.39 is 25.3 Å². The molecule has 1 atom stereocenters. The van der Waals surface area contributed by atoms with Crippen LogP contribution < -0.4 is 0 Å². The van der Waals surface area contributed by atoms with Crippen LogP contribution in [0.3, 0.4) is 0 Å². The maximum Gasteiger partial charge on any atom is 0.500 e. The standard InChI is InChI=1S/C32H44O7SSi/c1-35-41(36-2,37-3)24-14-23-40-28(30(34)39-32(21-12-13-22-32)27-17-8-5-9-18-27)25-29(33)38-31(19-10-11-20-31)26-15-6-4-7-16-26/h4-9,15-18,28H,10-14,19-25H2,1-3H3. The Morgan fingerprint density at radius 3 is 1.68 bits per heavy atom. The van der Waals surface area contributed by atoms with Gasteiger partial charge in [-0.2, -0.15) is 0 Å². The largest absolute Gasteiger partial charge is 0.500 e. The summed E-state index contributed by atoms with van der Waals surface area (Å²) in [7, 11) is 2.06. The molecule has 2 aliphatic rings. The smallest absolute Gasteiger partial charge is 0.454 e. The highest BCUT2D eigenvalue weighted by atomic mass is 32.2. The van der Waals surface area contributed by atoms with Gasteiger partial charge >= 0.3 is 20.7 Å². The fourth-order valence-electron chi connectivity index (χ4n) is 6.23. The zero-order valence-electron chi connectivity index (χ0n) is 24.6. The summed E-state index contributed by atoms with van der Waals surface area (Å²) in [6.45, 7) is 0. The molecule has 41 heavy (non-hydrogen) atoms. The van der Waals surface area contributed by atoms with Crippen LogP contribution in [0.15, 0.2) is 60.7 Å². The molecule has 0 heterocycles. The number of benzene rings is 2. The van der Waals surface area contributed by atoms with Crippen LogP contribution in [0.2, 0.25) is 6.04 Å². The average Bonchev–Trinajstić information content (AvgIpc) is 3.69. The second-order valence-electron chi connectivity index (χ2n) is 11.0. The molecule has 0 N–H and O–H groups in total. The van der Waals surface area contributed by atoms with E-state index in [1.807, 2.05) is 60.7 Å². The molecule has 0 spiro atoms. The molecule has 1 unspecified atom stereocenters. The minimum Gasteiger partial charge on any atom is -0.454 e. The highest BCUT2D eigenvalue weighted by Crippen LogP contribution is 2.44. The van der Waals surface area contributed by atoms with Crippen molar-refractivity contribution >= 4 is 32.5 Å². The Kier molecular flexibility index (Phi) is 11.5. The highest BCUT2D eigenvalue weighted by molar-refractivity contribution is 8.00. The Balaban J connectivity index is 1.49. The molecule has 2 aromatic rings. The Hall–Kier alpha value is -2.17. The van der Waals surface area contributed by atoms with E-state index in [1.54, 1.807) is 21.3 Å². The van der Waals surface area contributed by atoms with Crippen molar-refractivity contribution in [3.8, 4) is 0 Å². The molecule has 2 fully saturated rings. The van der Waals surface area contributed by atoms with Gasteiger partial charge in [-0.3, -0.25) is 9.59 Å². The first-order chi connectivity index (χ1) is 19.9. The van der Waals surface area contributed by atoms with Gasteiger partial charge in [0.2, 0.25) is 0 Å². The Labute approximate surface area is 250 Å². The predicted octanol–water partition coefficient (Wildman–Crippen LogP) is 6.77. The summed E-state index contributed by atoms with van der Waals surface area (Å²) in [5.41, 5.74) is 0.755. The zero-order chi connectivity index (χ0) is 29.2. The van der Waals surface area contributed by atoms with Gasteiger partial charge in [0.15, 0.2) is 0 Å². The van der Waals surface area contributed by atoms with E-state index in [2.05, 4.69) is 0 Å². The van der Waals surface area contributed by atoms with Crippen LogP contribution in [-0.4, -0.2) is 53.1 Å². The van der Waals surface area contributed by atoms with E-state index in [1.165, 1.54) is 11.8 Å². The van der Waals surface area contributed by atoms with Crippen LogP contribution in [-0.2, 0) is 43.5 Å². The molecule has 4 rings (SSSR count). The number of hydrogen-bond acceptors (Lipinski definition) is 8. The molecule has 9 heteroatoms. The number of carbonyl (C=O) groups excluding carboxylic acids is 2. The lowest BCUT2D eigenvalue weighted by atomic mass is 9.91. The fourth-order valence-corrected chi connectivity index (χ4v) is 9.24. The van der Waals surface area contributed by atoms with Gasteiger partial charge in [0, 0.05) is 27.4 Å². The normalized spacial score (nSPS) is 18.6. The zero-order valence-corrected chi connectivity index (χ0v) is 26.4. The molecular formula is C32H44O7SSi. The second kappa shape index (κ2) is 14.8. The van der Waals surface area contributed by atoms with Crippen LogP contribution in [0, 0.1) is 0 Å². The van der Waals surface area contributed by atoms with Crippen molar-refractivity contribution in [2.75, 3.05) is 27.1 Å². The summed E-state index contributed by atoms with van der Waals surface area (Å²) in [4.78, 5) is 27.4. The molecule has 0 bridgehead atoms. The molecular weight excluding hydrogens is 556 g/mol. The lowest BCUT2D eigenvalue weighted by Crippen LogP contribution is -2.42. The van der Waals surface area contributed by atoms with Gasteiger partial charge in [-0.05, 0) is 74.7 Å². The summed E-state index contributed by atoms with van der Waals surface area (Å²) >= 11 is 1.44. The van der Waals surface area contributed by atoms with E-state index in [4.69, 9.17) is 22.8 Å². The van der Waals surface area contributed by atoms with Crippen LogP contribution in [0.4, 0.5) is 0 Å². The van der Waals surface area contributed by atoms with E-state index in [9.17, 15) is 9.59 Å². The molecule has 2 aliphatic carbocycles. The number of thioether (sulfide) groups is 1. The van der Waals surface area contributed by atoms with Gasteiger partial charge in [0.1, 0.15) is 16.5 Å². The summed E-state index contributed by atoms with van der Waals surface area (Å²) in [6, 6.07) is 20.6. The minimum absolute atomic E-state index is 0.0373. The molecule has 7 nitrogen and oxygen atoms in total. The SMILES string of the molecule is CO[Si](CCCSC(CC(=O)OC1(c2ccccc2)CCCC1)C(=O)OC1(c2ccccc2)CCCC1)(OC)OC. The van der Waals surface area contributed by atoms with E-state index >= 15 is 0 Å². The number of rotatable bonds is 15. The van der Waals surface area contributed by atoms with Gasteiger partial charge in [-0.15, -0.1) is 11.8 Å². The predicted molar refractivity (Wildman–Crippen MR) is 162 cm³/mol. The maximum absolute atomic E-state index is 13.8. The molecule has 0 radical (unpaired) electrons. The van der Waals surface area contributed by atoms with Crippen molar-refractivity contribution in [3.63, 3.8) is 0 Å². The fraction of sp³-hybridized carbons (Fsp3) is 0.562. The van der Waals surface area contributed by atoms with Crippen molar-refractivity contribution in [1.82, 2.24) is 0 Å². The van der Waals surface area contributed by atoms with Crippen molar-refractivity contribution < 1.29 is 32.3 Å². The Morgan fingerprint density at radius 2 is 1.22 bits per heavy atom. The molecule has 2 aromatic carbocycles. The lowest BCUT2D eigenvalue weighted by Gasteiger charge is -2.32. The maximum atomic E-state index is 13.8. The van der Waals surface area contributed by atoms with Crippen LogP contribution in [0.1, 0.15) is 75.3 Å². The Bertz CT molecular complexity index is 1090. The van der Waals surface area contributed by atoms with Gasteiger partial charge in [0.25, 0.3) is 0 Å². The molecule has 0 amide bonds. The molecule has 0 aliphatic heterocycles. The van der Waals surface area contributed by atoms with Crippen LogP contribution >= 0.6 is 11.8 Å². The Morgan fingerprint density at radius 1 is 0.756 bits per heavy atom. The first-order valence-corrected chi connectivity index (χ1v) is 17.7. The summed E-state index contributed by atoms with van der Waals surface area (Å²) in [5, 5.41) is -0.679. The summed E-state index contributed by atoms with van der Waals surface area (Å²) in [6.07, 6.45) is 7.83. The van der Waals surface area contributed by atoms with Gasteiger partial charge in [0.05, 0.1) is 6.42 Å². The van der Waals surface area contributed by atoms with Crippen molar-refractivity contribution in [2.24, 2.45) is 0 Å². The topological polar surface area (TPSA) is 80.3 Å². The van der Waals surface area contributed by atoms with E-state index in [0.29, 0.717) is 18.2 Å². The monoisotopic (exact) mass is 600 g/mol. The third-order valence-electron chi connectivity index (χ3n) is 8.52. The van der Waals surface area contributed by atoms with Crippen molar-refractivity contribution in [2.45, 2.75) is 86.7 Å². The number of carbonyl (C=O) groups is 2. The van der Waals surface area contributed by atoms with Gasteiger partial charge in [-0.1, -0.05) is 60.7 Å². The molecule has 224 valence electrons. The quantitative estimate of drug-likeness (QED) is 0.126. The highest BCUT2D eigenvalue weighted by Gasteiger charge is 2.43. The lowest BCUT2D eigenvalue weighted by molar-refractivity contribution is -0.167. The molecule has 2 saturated carbocycles. The molecule has 0 saturated heterocycles. The summed E-state index contributed by atoms with van der Waals surface area (Å²) in [5.74, 6) is -0.0913. The summed E-state index contributed by atoms with van der Waals surface area (Å²) < 4.78 is 29.3. The third kappa shape index (κ3) is 7.81. The van der Waals surface area contributed by atoms with Crippen LogP contribution in [0.25, 0.3) is 0 Å². The number of esters is 2. The van der Waals surface area contributed by atoms with E-state index in [0.717, 1.165) is 62.5 Å². The average molecular weight is 601 g/mol. The third-order valence-corrected chi connectivity index (χ3v) is 12.6. The van der Waals surface area contributed by atoms with E-state index in [-0.39, 0.29) is 18.4 Å². The van der Waals surface area contributed by atoms with Crippen LogP contribution in [0.5, 0.6) is 0 Å². The van der Waals surface area contributed by atoms with Crippen molar-refractivity contribution in [3.05, 3.63) is 71.8 Å². The first-order valence-electron chi connectivity index (χ1n) is 14.7. The second-order valence-corrected chi connectivity index (χ2v) is 15.4. The van der Waals surface area contributed by atoms with Crippen molar-refractivity contribution in [1.29, 1.82) is 0 Å². The van der Waals surface area contributed by atoms with Gasteiger partial charge in [-0.25, -0.2) is 0 Å². The first kappa shape index (κ1) is 31.8. The number of hydrogen-bond donors (Lipinski definition) is 0. The number of ether oxygens (including phenoxy) is 2. The molecule has 0 aromatic heterocycles. The minimum atomic E-state index is -2.73.